The van der Waals surface area contributed by atoms with Gasteiger partial charge in [0, 0.05) is 5.56 Å². The molecular weight excluding hydrogens is 268 g/mol. The largest absolute Gasteiger partial charge is 0.481 e. The summed E-state index contributed by atoms with van der Waals surface area (Å²) in [6.45, 7) is 3.82. The van der Waals surface area contributed by atoms with Crippen molar-refractivity contribution in [1.29, 1.82) is 0 Å². The summed E-state index contributed by atoms with van der Waals surface area (Å²) < 4.78 is 1.32. The maximum absolute atomic E-state index is 12.5. The van der Waals surface area contributed by atoms with Crippen LogP contribution in [0.2, 0.25) is 0 Å². The van der Waals surface area contributed by atoms with Gasteiger partial charge < -0.3 is 5.11 Å². The van der Waals surface area contributed by atoms with Crippen LogP contribution in [0, 0.1) is 6.92 Å². The van der Waals surface area contributed by atoms with Gasteiger partial charge in [-0.3, -0.25) is 9.59 Å². The smallest absolute Gasteiger partial charge is 0.311 e. The molecule has 1 heterocycles. The van der Waals surface area contributed by atoms with Crippen molar-refractivity contribution in [3.63, 3.8) is 0 Å². The number of nitrogens with zero attached hydrogens (tertiary/aromatic N) is 2. The van der Waals surface area contributed by atoms with Crippen LogP contribution in [0.5, 0.6) is 0 Å². The number of carboxylic acid groups (broad SMARTS) is 1. The molecule has 5 heteroatoms. The van der Waals surface area contributed by atoms with E-state index >= 15 is 0 Å². The van der Waals surface area contributed by atoms with E-state index in [-0.39, 0.29) is 5.56 Å². The molecule has 21 heavy (non-hydrogen) atoms. The van der Waals surface area contributed by atoms with Gasteiger partial charge in [-0.05, 0) is 24.5 Å². The Bertz CT molecular complexity index is 692. The highest BCUT2D eigenvalue weighted by Gasteiger charge is 2.24. The molecule has 0 aliphatic heterocycles. The van der Waals surface area contributed by atoms with Crippen molar-refractivity contribution in [2.24, 2.45) is 0 Å². The fourth-order valence-corrected chi connectivity index (χ4v) is 2.38. The van der Waals surface area contributed by atoms with Gasteiger partial charge in [0.05, 0.1) is 18.7 Å². The molecule has 1 atom stereocenters. The number of carbonyl (C=O) groups is 1. The van der Waals surface area contributed by atoms with Crippen molar-refractivity contribution in [2.75, 3.05) is 0 Å². The van der Waals surface area contributed by atoms with Crippen molar-refractivity contribution in [2.45, 2.75) is 32.7 Å². The van der Waals surface area contributed by atoms with Gasteiger partial charge >= 0.3 is 5.97 Å². The maximum atomic E-state index is 12.5. The summed E-state index contributed by atoms with van der Waals surface area (Å²) in [6, 6.07) is 9.49. The lowest BCUT2D eigenvalue weighted by atomic mass is 9.95. The van der Waals surface area contributed by atoms with Gasteiger partial charge in [-0.15, -0.1) is 0 Å². The van der Waals surface area contributed by atoms with E-state index < -0.39 is 11.9 Å². The third kappa shape index (κ3) is 3.18. The zero-order valence-electron chi connectivity index (χ0n) is 12.1. The minimum atomic E-state index is -0.977. The number of rotatable bonds is 5. The lowest BCUT2D eigenvalue weighted by Crippen LogP contribution is -2.31. The third-order valence-corrected chi connectivity index (χ3v) is 3.51. The van der Waals surface area contributed by atoms with Gasteiger partial charge in [0.2, 0.25) is 0 Å². The molecule has 0 spiro atoms. The molecule has 0 bridgehead atoms. The van der Waals surface area contributed by atoms with Gasteiger partial charge in [-0.1, -0.05) is 37.3 Å². The summed E-state index contributed by atoms with van der Waals surface area (Å²) in [5.41, 5.74) is 1.58. The molecule has 0 radical (unpaired) electrons. The molecule has 1 aromatic carbocycles. The average Bonchev–Trinajstić information content (AvgIpc) is 2.47. The summed E-state index contributed by atoms with van der Waals surface area (Å²) in [6.07, 6.45) is 1.94. The highest BCUT2D eigenvalue weighted by atomic mass is 16.4. The minimum Gasteiger partial charge on any atom is -0.481 e. The van der Waals surface area contributed by atoms with Crippen molar-refractivity contribution < 1.29 is 9.90 Å². The Morgan fingerprint density at radius 3 is 2.57 bits per heavy atom. The standard InChI is InChI=1S/C16H18N2O3/c1-3-13(16(20)21)14-11(2)9-17-18(15(14)19)10-12-7-5-4-6-8-12/h4-9,13H,3,10H2,1-2H3,(H,20,21). The Morgan fingerprint density at radius 2 is 2.00 bits per heavy atom. The number of carboxylic acids is 1. The van der Waals surface area contributed by atoms with Crippen LogP contribution in [0.4, 0.5) is 0 Å². The van der Waals surface area contributed by atoms with Crippen LogP contribution in [0.3, 0.4) is 0 Å². The van der Waals surface area contributed by atoms with Crippen molar-refractivity contribution in [1.82, 2.24) is 9.78 Å². The zero-order chi connectivity index (χ0) is 15.4. The second kappa shape index (κ2) is 6.35. The molecule has 0 fully saturated rings. The highest BCUT2D eigenvalue weighted by Crippen LogP contribution is 2.19. The molecule has 0 aliphatic carbocycles. The Morgan fingerprint density at radius 1 is 1.33 bits per heavy atom. The van der Waals surface area contributed by atoms with Crippen LogP contribution < -0.4 is 5.56 Å². The van der Waals surface area contributed by atoms with E-state index in [0.717, 1.165) is 5.56 Å². The zero-order valence-corrected chi connectivity index (χ0v) is 12.1. The second-order valence-corrected chi connectivity index (χ2v) is 4.99. The van der Waals surface area contributed by atoms with Gasteiger partial charge in [0.15, 0.2) is 0 Å². The lowest BCUT2D eigenvalue weighted by molar-refractivity contribution is -0.138. The molecule has 1 N–H and O–H groups in total. The first-order chi connectivity index (χ1) is 10.0. The van der Waals surface area contributed by atoms with Crippen LogP contribution in [-0.2, 0) is 11.3 Å². The van der Waals surface area contributed by atoms with Crippen LogP contribution in [0.15, 0.2) is 41.3 Å². The summed E-state index contributed by atoms with van der Waals surface area (Å²) >= 11 is 0. The van der Waals surface area contributed by atoms with E-state index in [1.807, 2.05) is 30.3 Å². The molecule has 0 saturated carbocycles. The molecule has 2 aromatic rings. The fraction of sp³-hybridized carbons (Fsp3) is 0.312. The summed E-state index contributed by atoms with van der Waals surface area (Å²) in [4.78, 5) is 23.9. The molecular formula is C16H18N2O3. The monoisotopic (exact) mass is 286 g/mol. The van der Waals surface area contributed by atoms with E-state index in [4.69, 9.17) is 0 Å². The van der Waals surface area contributed by atoms with Crippen LogP contribution in [-0.4, -0.2) is 20.9 Å². The number of aryl methyl sites for hydroxylation is 1. The molecule has 0 amide bonds. The number of aliphatic carboxylic acids is 1. The Balaban J connectivity index is 2.46. The van der Waals surface area contributed by atoms with Crippen LogP contribution in [0.25, 0.3) is 0 Å². The molecule has 1 aromatic heterocycles. The Hall–Kier alpha value is -2.43. The molecule has 5 nitrogen and oxygen atoms in total. The van der Waals surface area contributed by atoms with E-state index in [1.165, 1.54) is 4.68 Å². The average molecular weight is 286 g/mol. The van der Waals surface area contributed by atoms with E-state index in [2.05, 4.69) is 5.10 Å². The minimum absolute atomic E-state index is 0.326. The molecule has 0 aliphatic rings. The molecule has 0 saturated heterocycles. The topological polar surface area (TPSA) is 72.2 Å². The van der Waals surface area contributed by atoms with Crippen LogP contribution in [0.1, 0.15) is 36.0 Å². The SMILES string of the molecule is CCC(C(=O)O)c1c(C)cnn(Cc2ccccc2)c1=O. The lowest BCUT2D eigenvalue weighted by Gasteiger charge is -2.14. The van der Waals surface area contributed by atoms with E-state index in [9.17, 15) is 14.7 Å². The van der Waals surface area contributed by atoms with Crippen LogP contribution >= 0.6 is 0 Å². The highest BCUT2D eigenvalue weighted by molar-refractivity contribution is 5.76. The predicted octanol–water partition coefficient (Wildman–Crippen LogP) is 2.18. The molecule has 1 unspecified atom stereocenters. The maximum Gasteiger partial charge on any atom is 0.311 e. The second-order valence-electron chi connectivity index (χ2n) is 4.99. The summed E-state index contributed by atoms with van der Waals surface area (Å²) in [5.74, 6) is -1.77. The Labute approximate surface area is 122 Å². The van der Waals surface area contributed by atoms with Gasteiger partial charge in [-0.2, -0.15) is 5.10 Å². The normalized spacial score (nSPS) is 12.1. The fourth-order valence-electron chi connectivity index (χ4n) is 2.38. The third-order valence-electron chi connectivity index (χ3n) is 3.51. The first kappa shape index (κ1) is 15.0. The van der Waals surface area contributed by atoms with Gasteiger partial charge in [0.25, 0.3) is 5.56 Å². The van der Waals surface area contributed by atoms with Crippen molar-refractivity contribution in [3.05, 3.63) is 63.6 Å². The molecule has 110 valence electrons. The number of benzene rings is 1. The predicted molar refractivity (Wildman–Crippen MR) is 79.4 cm³/mol. The Kier molecular flexibility index (Phi) is 4.52. The number of hydrogen-bond acceptors (Lipinski definition) is 3. The summed E-state index contributed by atoms with van der Waals surface area (Å²) in [7, 11) is 0. The van der Waals surface area contributed by atoms with Crippen molar-refractivity contribution in [3.8, 4) is 0 Å². The quantitative estimate of drug-likeness (QED) is 0.914. The van der Waals surface area contributed by atoms with E-state index in [0.29, 0.717) is 24.1 Å². The first-order valence-electron chi connectivity index (χ1n) is 6.88. The van der Waals surface area contributed by atoms with Gasteiger partial charge in [0.1, 0.15) is 0 Å². The first-order valence-corrected chi connectivity index (χ1v) is 6.88. The molecule has 2 rings (SSSR count). The number of aromatic nitrogens is 2. The van der Waals surface area contributed by atoms with Crippen molar-refractivity contribution >= 4 is 5.97 Å². The summed E-state index contributed by atoms with van der Waals surface area (Å²) in [5, 5.41) is 13.4. The van der Waals surface area contributed by atoms with Gasteiger partial charge in [-0.25, -0.2) is 4.68 Å². The number of hydrogen-bond donors (Lipinski definition) is 1. The van der Waals surface area contributed by atoms with E-state index in [1.54, 1.807) is 20.0 Å².